The number of fused-ring (bicyclic) bond motifs is 1. The van der Waals surface area contributed by atoms with Crippen LogP contribution in [0.5, 0.6) is 0 Å². The Kier molecular flexibility index (Phi) is 2.83. The first-order chi connectivity index (χ1) is 8.68. The molecule has 2 aliphatic heterocycles. The monoisotopic (exact) mass is 265 g/mol. The van der Waals surface area contributed by atoms with Gasteiger partial charge >= 0.3 is 0 Å². The topological polar surface area (TPSA) is 52.7 Å². The fourth-order valence-corrected chi connectivity index (χ4v) is 3.50. The zero-order valence-electron chi connectivity index (χ0n) is 10.1. The summed E-state index contributed by atoms with van der Waals surface area (Å²) < 4.78 is 0. The van der Waals surface area contributed by atoms with E-state index in [-0.39, 0.29) is 17.9 Å². The molecule has 0 aromatic carbocycles. The zero-order valence-corrected chi connectivity index (χ0v) is 10.9. The molecule has 18 heavy (non-hydrogen) atoms. The van der Waals surface area contributed by atoms with Gasteiger partial charge in [0.05, 0.1) is 12.6 Å². The number of piperazine rings is 2. The van der Waals surface area contributed by atoms with Gasteiger partial charge in [0, 0.05) is 25.0 Å². The predicted molar refractivity (Wildman–Crippen MR) is 68.2 cm³/mol. The number of amides is 2. The molecule has 3 heterocycles. The number of hydrogen-bond acceptors (Lipinski definition) is 4. The molecule has 2 amide bonds. The van der Waals surface area contributed by atoms with Crippen molar-refractivity contribution >= 4 is 23.2 Å². The van der Waals surface area contributed by atoms with Gasteiger partial charge in [-0.1, -0.05) is 6.07 Å². The normalized spacial score (nSPS) is 28.5. The Hall–Kier alpha value is -1.40. The summed E-state index contributed by atoms with van der Waals surface area (Å²) in [7, 11) is 1.80. The van der Waals surface area contributed by atoms with E-state index in [4.69, 9.17) is 0 Å². The molecular formula is C12H15N3O2S. The Bertz CT molecular complexity index is 474. The van der Waals surface area contributed by atoms with Crippen molar-refractivity contribution in [2.75, 3.05) is 26.7 Å². The van der Waals surface area contributed by atoms with Crippen molar-refractivity contribution < 1.29 is 9.59 Å². The van der Waals surface area contributed by atoms with E-state index in [0.717, 1.165) is 11.4 Å². The molecule has 0 spiro atoms. The maximum Gasteiger partial charge on any atom is 0.250 e. The van der Waals surface area contributed by atoms with Crippen LogP contribution in [0.4, 0.5) is 0 Å². The van der Waals surface area contributed by atoms with Gasteiger partial charge in [-0.25, -0.2) is 0 Å². The largest absolute Gasteiger partial charge is 0.342 e. The number of nitrogens with one attached hydrogen (secondary N) is 1. The summed E-state index contributed by atoms with van der Waals surface area (Å²) in [5.41, 5.74) is 0. The molecule has 2 atom stereocenters. The molecule has 0 saturated carbocycles. The van der Waals surface area contributed by atoms with Crippen LogP contribution in [-0.4, -0.2) is 54.3 Å². The second kappa shape index (κ2) is 4.37. The number of nitrogens with zero attached hydrogens (tertiary/aromatic N) is 2. The second-order valence-corrected chi connectivity index (χ2v) is 5.70. The minimum atomic E-state index is -0.427. The Morgan fingerprint density at radius 1 is 1.44 bits per heavy atom. The van der Waals surface area contributed by atoms with Crippen LogP contribution in [0.2, 0.25) is 0 Å². The Balaban J connectivity index is 2.00. The van der Waals surface area contributed by atoms with Gasteiger partial charge in [-0.2, -0.15) is 0 Å². The van der Waals surface area contributed by atoms with Gasteiger partial charge in [0.15, 0.2) is 0 Å². The van der Waals surface area contributed by atoms with Gasteiger partial charge in [0.25, 0.3) is 5.91 Å². The van der Waals surface area contributed by atoms with Gasteiger partial charge in [0.1, 0.15) is 6.04 Å². The predicted octanol–water partition coefficient (Wildman–Crippen LogP) is 0.0616. The molecule has 0 radical (unpaired) electrons. The molecule has 1 aromatic heterocycles. The van der Waals surface area contributed by atoms with Crippen LogP contribution >= 0.6 is 11.3 Å². The van der Waals surface area contributed by atoms with E-state index in [9.17, 15) is 9.59 Å². The first-order valence-corrected chi connectivity index (χ1v) is 6.86. The summed E-state index contributed by atoms with van der Waals surface area (Å²) in [5.74, 6) is 0.0371. The summed E-state index contributed by atoms with van der Waals surface area (Å²) in [6.07, 6.45) is 0. The summed E-state index contributed by atoms with van der Waals surface area (Å²) in [6.45, 7) is 1.69. The van der Waals surface area contributed by atoms with E-state index >= 15 is 0 Å². The number of thiophene rings is 1. The molecule has 0 bridgehead atoms. The van der Waals surface area contributed by atoms with Crippen molar-refractivity contribution in [1.29, 1.82) is 0 Å². The molecule has 2 saturated heterocycles. The lowest BCUT2D eigenvalue weighted by molar-refractivity contribution is -0.156. The third-order valence-electron chi connectivity index (χ3n) is 3.52. The van der Waals surface area contributed by atoms with Crippen molar-refractivity contribution in [3.8, 4) is 0 Å². The number of rotatable bonds is 1. The first-order valence-electron chi connectivity index (χ1n) is 5.98. The minimum Gasteiger partial charge on any atom is -0.342 e. The SMILES string of the molecule is CN1CC2CNCC(=O)N2C(c2cccs2)C1=O. The summed E-state index contributed by atoms with van der Waals surface area (Å²) in [5, 5.41) is 5.05. The molecule has 5 nitrogen and oxygen atoms in total. The van der Waals surface area contributed by atoms with E-state index in [1.165, 1.54) is 11.3 Å². The van der Waals surface area contributed by atoms with Crippen LogP contribution in [-0.2, 0) is 9.59 Å². The lowest BCUT2D eigenvalue weighted by Crippen LogP contribution is -2.65. The van der Waals surface area contributed by atoms with Crippen LogP contribution in [0.25, 0.3) is 0 Å². The standard InChI is InChI=1S/C12H15N3O2S/c1-14-7-8-5-13-6-10(16)15(8)11(12(14)17)9-3-2-4-18-9/h2-4,8,11,13H,5-7H2,1H3. The number of carbonyl (C=O) groups is 2. The second-order valence-electron chi connectivity index (χ2n) is 4.72. The highest BCUT2D eigenvalue weighted by Crippen LogP contribution is 2.32. The number of likely N-dealkylation sites (N-methyl/N-ethyl adjacent to an activating group) is 1. The fourth-order valence-electron chi connectivity index (χ4n) is 2.69. The van der Waals surface area contributed by atoms with E-state index in [2.05, 4.69) is 5.32 Å². The number of carbonyl (C=O) groups excluding carboxylic acids is 2. The van der Waals surface area contributed by atoms with Crippen molar-refractivity contribution in [2.45, 2.75) is 12.1 Å². The van der Waals surface area contributed by atoms with Crippen LogP contribution < -0.4 is 5.32 Å². The van der Waals surface area contributed by atoms with Crippen LogP contribution in [0.15, 0.2) is 17.5 Å². The highest BCUT2D eigenvalue weighted by molar-refractivity contribution is 7.10. The lowest BCUT2D eigenvalue weighted by atomic mass is 10.0. The van der Waals surface area contributed by atoms with E-state index in [1.54, 1.807) is 16.8 Å². The molecule has 96 valence electrons. The third kappa shape index (κ3) is 1.72. The van der Waals surface area contributed by atoms with Crippen LogP contribution in [0.3, 0.4) is 0 Å². The van der Waals surface area contributed by atoms with E-state index in [0.29, 0.717) is 13.1 Å². The molecule has 2 unspecified atom stereocenters. The average molecular weight is 265 g/mol. The quantitative estimate of drug-likeness (QED) is 0.781. The molecular weight excluding hydrogens is 250 g/mol. The molecule has 6 heteroatoms. The van der Waals surface area contributed by atoms with Gasteiger partial charge in [0.2, 0.25) is 5.91 Å². The van der Waals surface area contributed by atoms with Gasteiger partial charge in [-0.05, 0) is 11.4 Å². The minimum absolute atomic E-state index is 0.0175. The highest BCUT2D eigenvalue weighted by Gasteiger charge is 2.44. The van der Waals surface area contributed by atoms with E-state index in [1.807, 2.05) is 17.5 Å². The smallest absolute Gasteiger partial charge is 0.250 e. The summed E-state index contributed by atoms with van der Waals surface area (Å²) in [4.78, 5) is 28.9. The van der Waals surface area contributed by atoms with Crippen molar-refractivity contribution in [3.63, 3.8) is 0 Å². The highest BCUT2D eigenvalue weighted by atomic mass is 32.1. The molecule has 3 rings (SSSR count). The van der Waals surface area contributed by atoms with Crippen LogP contribution in [0.1, 0.15) is 10.9 Å². The average Bonchev–Trinajstić information content (AvgIpc) is 2.85. The first kappa shape index (κ1) is 11.7. The Morgan fingerprint density at radius 3 is 3.00 bits per heavy atom. The maximum atomic E-state index is 12.3. The molecule has 1 N–H and O–H groups in total. The molecule has 1 aromatic rings. The summed E-state index contributed by atoms with van der Waals surface area (Å²) in [6, 6.07) is 3.51. The molecule has 0 aliphatic carbocycles. The van der Waals surface area contributed by atoms with E-state index < -0.39 is 6.04 Å². The third-order valence-corrected chi connectivity index (χ3v) is 4.45. The van der Waals surface area contributed by atoms with Crippen molar-refractivity contribution in [2.24, 2.45) is 0 Å². The molecule has 2 aliphatic rings. The molecule has 2 fully saturated rings. The zero-order chi connectivity index (χ0) is 12.7. The Morgan fingerprint density at radius 2 is 2.28 bits per heavy atom. The fraction of sp³-hybridized carbons (Fsp3) is 0.500. The van der Waals surface area contributed by atoms with Crippen LogP contribution in [0, 0.1) is 0 Å². The maximum absolute atomic E-state index is 12.3. The van der Waals surface area contributed by atoms with Gasteiger partial charge in [-0.3, -0.25) is 9.59 Å². The van der Waals surface area contributed by atoms with Gasteiger partial charge < -0.3 is 15.1 Å². The van der Waals surface area contributed by atoms with Crippen molar-refractivity contribution in [1.82, 2.24) is 15.1 Å². The number of hydrogen-bond donors (Lipinski definition) is 1. The van der Waals surface area contributed by atoms with Crippen molar-refractivity contribution in [3.05, 3.63) is 22.4 Å². The Labute approximate surface area is 109 Å². The van der Waals surface area contributed by atoms with Gasteiger partial charge in [-0.15, -0.1) is 11.3 Å². The lowest BCUT2D eigenvalue weighted by Gasteiger charge is -2.47. The summed E-state index contributed by atoms with van der Waals surface area (Å²) >= 11 is 1.53.